The molecule has 5 heterocycles. The summed E-state index contributed by atoms with van der Waals surface area (Å²) in [7, 11) is 0. The summed E-state index contributed by atoms with van der Waals surface area (Å²) in [6.45, 7) is 17.1. The van der Waals surface area contributed by atoms with Gasteiger partial charge in [-0.05, 0) is 110 Å². The van der Waals surface area contributed by atoms with Crippen molar-refractivity contribution in [1.29, 1.82) is 0 Å². The van der Waals surface area contributed by atoms with Gasteiger partial charge >= 0.3 is 17.9 Å². The molecule has 0 bridgehead atoms. The molecule has 24 heteroatoms. The number of aromatic amines is 1. The lowest BCUT2D eigenvalue weighted by molar-refractivity contribution is -0.156. The summed E-state index contributed by atoms with van der Waals surface area (Å²) in [4.78, 5) is 86.7. The van der Waals surface area contributed by atoms with Gasteiger partial charge in [-0.1, -0.05) is 60.5 Å². The number of anilines is 1. The monoisotopic (exact) mass is 1110 g/mol. The van der Waals surface area contributed by atoms with E-state index < -0.39 is 17.9 Å². The lowest BCUT2D eigenvalue weighted by atomic mass is 10.1. The Kier molecular flexibility index (Phi) is 23.8. The molecule has 2 aliphatic heterocycles. The Morgan fingerprint density at radius 1 is 0.705 bits per heavy atom. The predicted molar refractivity (Wildman–Crippen MR) is 293 cm³/mol. The number of benzene rings is 4. The number of ether oxygens (including phenoxy) is 3. The molecule has 0 atom stereocenters. The molecule has 0 unspecified atom stereocenters. The molecule has 22 nitrogen and oxygen atoms in total. The molecule has 0 spiro atoms. The van der Waals surface area contributed by atoms with Crippen LogP contribution in [0.4, 0.5) is 5.69 Å². The number of carboxylic acid groups (broad SMARTS) is 1. The number of carboxylic acids is 1. The number of aromatic nitrogens is 7. The van der Waals surface area contributed by atoms with Crippen LogP contribution in [0, 0.1) is 0 Å². The zero-order chi connectivity index (χ0) is 56.7. The topological polar surface area (TPSA) is 280 Å². The van der Waals surface area contributed by atoms with Crippen LogP contribution in [0.25, 0.3) is 33.5 Å². The number of aliphatic carboxylic acids is 1. The van der Waals surface area contributed by atoms with Crippen LogP contribution in [0.3, 0.4) is 0 Å². The van der Waals surface area contributed by atoms with E-state index in [2.05, 4.69) is 56.0 Å². The zero-order valence-electron chi connectivity index (χ0n) is 43.8. The van der Waals surface area contributed by atoms with Crippen molar-refractivity contribution in [3.05, 3.63) is 146 Å². The lowest BCUT2D eigenvalue weighted by Crippen LogP contribution is -2.40. The molecule has 0 radical (unpaired) electrons. The van der Waals surface area contributed by atoms with Gasteiger partial charge in [-0.25, -0.2) is 9.36 Å². The molecule has 9 rings (SSSR count). The summed E-state index contributed by atoms with van der Waals surface area (Å²) in [6.07, 6.45) is 3.78. The highest BCUT2D eigenvalue weighted by Crippen LogP contribution is 2.22. The number of morpholine rings is 2. The largest absolute Gasteiger partial charge is 0.481 e. The summed E-state index contributed by atoms with van der Waals surface area (Å²) >= 11 is 11.6. The second-order valence-electron chi connectivity index (χ2n) is 17.0. The Morgan fingerprint density at radius 2 is 1.19 bits per heavy atom. The van der Waals surface area contributed by atoms with E-state index in [-0.39, 0.29) is 23.8 Å². The fraction of sp³-hybridized carbons (Fsp3) is 0.315. The molecule has 78 heavy (non-hydrogen) atoms. The second-order valence-corrected chi connectivity index (χ2v) is 17.9. The maximum Gasteiger partial charge on any atom is 0.310 e. The van der Waals surface area contributed by atoms with E-state index in [0.29, 0.717) is 119 Å². The van der Waals surface area contributed by atoms with Crippen molar-refractivity contribution in [2.75, 3.05) is 78.0 Å². The Balaban J connectivity index is 0.000000207. The number of hydrogen-bond acceptors (Lipinski definition) is 16. The lowest BCUT2D eigenvalue weighted by Gasteiger charge is -2.26. The quantitative estimate of drug-likeness (QED) is 0.0543. The van der Waals surface area contributed by atoms with Gasteiger partial charge in [-0.15, -0.1) is 10.2 Å². The number of carbonyl (C=O) groups is 6. The van der Waals surface area contributed by atoms with E-state index in [1.54, 1.807) is 112 Å². The SMILES string of the molecule is CC(=O)OC(C)=O.CCN(CC)CC.Nc1cc(Cl)ccc1C=O.O=C(O)Cc1cn(-c2ccc(C(=O)N3CCOCC3)cc2)nn1.O=C(c1ccc(-n2cc(-c3cc4ccc(Cl)cc4[nH]c3=O)nn2)cc1)N1CCOCC1. The standard InChI is InChI=1S/C22H18ClN5O3.C15H16N4O4.C7H6ClNO.C6H15N.C4H6O3/c23-16-4-1-15-11-18(21(29)24-19(15)12-16)20-13-28(26-25-20)17-5-2-14(3-6-17)22(30)27-7-9-31-10-8-27;20-14(21)9-12-10-19(17-16-12)13-3-1-11(2-4-13)15(22)18-5-7-23-8-6-18;8-6-2-1-5(4-10)7(9)3-6;1-4-7(5-2)6-3;1-3(5)7-4(2)6/h1-6,11-13H,7-10H2,(H,24,29);1-4,10H,5-9H2,(H,20,21);1-4H,9H2;4-6H2,1-3H3;1-2H3. The minimum Gasteiger partial charge on any atom is -0.481 e. The van der Waals surface area contributed by atoms with E-state index >= 15 is 0 Å². The fourth-order valence-corrected chi connectivity index (χ4v) is 7.83. The van der Waals surface area contributed by atoms with Gasteiger partial charge in [0.25, 0.3) is 17.4 Å². The molecule has 0 aliphatic carbocycles. The van der Waals surface area contributed by atoms with Crippen LogP contribution in [0.2, 0.25) is 10.0 Å². The van der Waals surface area contributed by atoms with Gasteiger partial charge in [0.15, 0.2) is 6.29 Å². The van der Waals surface area contributed by atoms with Crippen molar-refractivity contribution in [3.63, 3.8) is 0 Å². The molecular formula is C54H61Cl2N11O11. The molecule has 3 aromatic heterocycles. The van der Waals surface area contributed by atoms with E-state index in [4.69, 9.17) is 43.5 Å². The van der Waals surface area contributed by atoms with Crippen molar-refractivity contribution in [2.24, 2.45) is 0 Å². The Bertz CT molecular complexity index is 3170. The van der Waals surface area contributed by atoms with Crippen molar-refractivity contribution in [2.45, 2.75) is 41.0 Å². The van der Waals surface area contributed by atoms with Gasteiger partial charge in [-0.3, -0.25) is 33.6 Å². The van der Waals surface area contributed by atoms with E-state index in [1.807, 2.05) is 6.07 Å². The molecule has 2 amide bonds. The molecule has 4 aromatic carbocycles. The van der Waals surface area contributed by atoms with Crippen LogP contribution in [-0.4, -0.2) is 163 Å². The summed E-state index contributed by atoms with van der Waals surface area (Å²) in [5.74, 6) is -2.12. The third-order valence-electron chi connectivity index (χ3n) is 11.6. The number of halogens is 2. The first-order valence-electron chi connectivity index (χ1n) is 24.7. The maximum atomic E-state index is 12.6. The van der Waals surface area contributed by atoms with Crippen LogP contribution in [0.5, 0.6) is 0 Å². The first-order chi connectivity index (χ1) is 37.4. The Hall–Kier alpha value is -8.15. The number of esters is 2. The Labute approximate surface area is 459 Å². The number of nitrogens with zero attached hydrogens (tertiary/aromatic N) is 9. The second kappa shape index (κ2) is 30.6. The molecule has 7 aromatic rings. The van der Waals surface area contributed by atoms with Crippen LogP contribution in [-0.2, 0) is 35.0 Å². The van der Waals surface area contributed by atoms with Crippen LogP contribution in [0.1, 0.15) is 71.4 Å². The van der Waals surface area contributed by atoms with E-state index in [1.165, 1.54) is 38.2 Å². The van der Waals surface area contributed by atoms with Crippen LogP contribution < -0.4 is 11.3 Å². The normalized spacial score (nSPS) is 12.8. The minimum atomic E-state index is -0.955. The first-order valence-corrected chi connectivity index (χ1v) is 25.4. The van der Waals surface area contributed by atoms with Crippen molar-refractivity contribution >= 4 is 75.8 Å². The number of nitrogens with two attached hydrogens (primary N) is 1. The summed E-state index contributed by atoms with van der Waals surface area (Å²) in [5, 5.41) is 26.7. The summed E-state index contributed by atoms with van der Waals surface area (Å²) in [6, 6.07) is 25.9. The minimum absolute atomic E-state index is 0.0167. The van der Waals surface area contributed by atoms with Gasteiger partial charge in [0.2, 0.25) is 0 Å². The number of nitrogen functional groups attached to an aromatic ring is 1. The summed E-state index contributed by atoms with van der Waals surface area (Å²) in [5.41, 5.74) is 10.6. The number of amides is 2. The molecular weight excluding hydrogens is 1050 g/mol. The van der Waals surface area contributed by atoms with Gasteiger partial charge in [0, 0.05) is 78.0 Å². The number of H-pyrrole nitrogens is 1. The van der Waals surface area contributed by atoms with Gasteiger partial charge in [0.1, 0.15) is 5.69 Å². The number of hydrogen-bond donors (Lipinski definition) is 3. The molecule has 0 saturated carbocycles. The predicted octanol–water partition coefficient (Wildman–Crippen LogP) is 6.45. The van der Waals surface area contributed by atoms with Crippen molar-refractivity contribution < 1.29 is 48.1 Å². The average molecular weight is 1110 g/mol. The highest BCUT2D eigenvalue weighted by atomic mass is 35.5. The fourth-order valence-electron chi connectivity index (χ4n) is 7.48. The van der Waals surface area contributed by atoms with E-state index in [9.17, 15) is 33.6 Å². The number of aldehydes is 1. The number of nitrogens with one attached hydrogen (secondary N) is 1. The zero-order valence-corrected chi connectivity index (χ0v) is 45.3. The number of pyridine rings is 1. The number of rotatable bonds is 11. The maximum absolute atomic E-state index is 12.6. The highest BCUT2D eigenvalue weighted by Gasteiger charge is 2.20. The van der Waals surface area contributed by atoms with Crippen LogP contribution >= 0.6 is 23.2 Å². The van der Waals surface area contributed by atoms with E-state index in [0.717, 1.165) is 11.1 Å². The van der Waals surface area contributed by atoms with Crippen LogP contribution in [0.15, 0.2) is 108 Å². The highest BCUT2D eigenvalue weighted by molar-refractivity contribution is 6.31. The number of carbonyl (C=O) groups excluding carboxylic acids is 5. The van der Waals surface area contributed by atoms with Gasteiger partial charge in [0.05, 0.1) is 67.9 Å². The van der Waals surface area contributed by atoms with Gasteiger partial charge < -0.3 is 44.7 Å². The van der Waals surface area contributed by atoms with Crippen molar-refractivity contribution in [1.82, 2.24) is 49.7 Å². The van der Waals surface area contributed by atoms with Crippen molar-refractivity contribution in [3.8, 4) is 22.6 Å². The summed E-state index contributed by atoms with van der Waals surface area (Å²) < 4.78 is 17.6. The Morgan fingerprint density at radius 3 is 1.64 bits per heavy atom. The molecule has 2 aliphatic rings. The molecule has 2 fully saturated rings. The molecule has 2 saturated heterocycles. The number of fused-ring (bicyclic) bond motifs is 1. The first kappa shape index (κ1) is 60.7. The third kappa shape index (κ3) is 18.6. The molecule has 412 valence electrons. The third-order valence-corrected chi connectivity index (χ3v) is 12.1. The van der Waals surface area contributed by atoms with Gasteiger partial charge in [-0.2, -0.15) is 0 Å². The smallest absolute Gasteiger partial charge is 0.310 e. The average Bonchev–Trinajstić information content (AvgIpc) is 4.15. The molecule has 4 N–H and O–H groups in total.